The highest BCUT2D eigenvalue weighted by molar-refractivity contribution is 5.98. The summed E-state index contributed by atoms with van der Waals surface area (Å²) in [6.45, 7) is 4.99. The number of hydrogen-bond acceptors (Lipinski definition) is 7. The first-order chi connectivity index (χ1) is 14.5. The van der Waals surface area contributed by atoms with E-state index in [2.05, 4.69) is 15.8 Å². The van der Waals surface area contributed by atoms with E-state index >= 15 is 0 Å². The molecule has 158 valence electrons. The second kappa shape index (κ2) is 9.25. The van der Waals surface area contributed by atoms with Crippen LogP contribution in [0.2, 0.25) is 0 Å². The molecule has 0 aliphatic carbocycles. The minimum atomic E-state index is -0.677. The van der Waals surface area contributed by atoms with Crippen LogP contribution in [-0.4, -0.2) is 42.4 Å². The Balaban J connectivity index is 1.86. The minimum Gasteiger partial charge on any atom is -0.463 e. The second-order valence-electron chi connectivity index (χ2n) is 6.58. The van der Waals surface area contributed by atoms with Crippen LogP contribution in [0.1, 0.15) is 36.4 Å². The van der Waals surface area contributed by atoms with Gasteiger partial charge in [-0.15, -0.1) is 0 Å². The van der Waals surface area contributed by atoms with Crippen LogP contribution < -0.4 is 10.6 Å². The number of hydrogen-bond donors (Lipinski definition) is 2. The number of nitrogens with zero attached hydrogens (tertiary/aromatic N) is 1. The van der Waals surface area contributed by atoms with Crippen molar-refractivity contribution >= 4 is 18.0 Å². The lowest BCUT2D eigenvalue weighted by Gasteiger charge is -2.28. The molecule has 0 fully saturated rings. The van der Waals surface area contributed by atoms with Gasteiger partial charge in [0, 0.05) is 5.56 Å². The molecule has 1 unspecified atom stereocenters. The van der Waals surface area contributed by atoms with Gasteiger partial charge in [-0.25, -0.2) is 14.4 Å². The molecule has 2 N–H and O–H groups in total. The molecule has 1 aromatic heterocycles. The molecule has 2 amide bonds. The predicted molar refractivity (Wildman–Crippen MR) is 106 cm³/mol. The summed E-state index contributed by atoms with van der Waals surface area (Å²) in [7, 11) is 0. The molecule has 0 bridgehead atoms. The average molecular weight is 413 g/mol. The third kappa shape index (κ3) is 4.35. The maximum Gasteiger partial charge on any atom is 0.344 e. The molecule has 1 aliphatic rings. The van der Waals surface area contributed by atoms with Crippen molar-refractivity contribution in [3.63, 3.8) is 0 Å². The molecular formula is C21H23N3O6. The van der Waals surface area contributed by atoms with Gasteiger partial charge in [-0.1, -0.05) is 42.4 Å². The first kappa shape index (κ1) is 21.1. The van der Waals surface area contributed by atoms with E-state index in [1.54, 1.807) is 26.0 Å². The van der Waals surface area contributed by atoms with Gasteiger partial charge in [0.15, 0.2) is 0 Å². The molecule has 0 saturated heterocycles. The van der Waals surface area contributed by atoms with Gasteiger partial charge in [0.25, 0.3) is 0 Å². The highest BCUT2D eigenvalue weighted by atomic mass is 16.5. The smallest absolute Gasteiger partial charge is 0.344 e. The Kier molecular flexibility index (Phi) is 6.51. The number of esters is 2. The summed E-state index contributed by atoms with van der Waals surface area (Å²) < 4.78 is 15.7. The fourth-order valence-corrected chi connectivity index (χ4v) is 3.19. The Morgan fingerprint density at radius 1 is 1.13 bits per heavy atom. The van der Waals surface area contributed by atoms with E-state index in [0.29, 0.717) is 23.4 Å². The van der Waals surface area contributed by atoms with Crippen molar-refractivity contribution in [1.29, 1.82) is 0 Å². The first-order valence-corrected chi connectivity index (χ1v) is 9.62. The Bertz CT molecular complexity index is 980. The molecule has 30 heavy (non-hydrogen) atoms. The molecule has 1 aliphatic heterocycles. The summed E-state index contributed by atoms with van der Waals surface area (Å²) in [6.07, 6.45) is 0.474. The SMILES string of the molecule is CCOC(=O)C1=C(COC(=O)c2c(-c3ccccc3)noc2C)NC(=O)NC1CC. The van der Waals surface area contributed by atoms with Crippen LogP contribution in [0.4, 0.5) is 4.79 Å². The van der Waals surface area contributed by atoms with Gasteiger partial charge in [0.2, 0.25) is 0 Å². The van der Waals surface area contributed by atoms with Crippen LogP contribution in [0.15, 0.2) is 46.1 Å². The quantitative estimate of drug-likeness (QED) is 0.670. The average Bonchev–Trinajstić information content (AvgIpc) is 3.13. The number of carbonyl (C=O) groups is 3. The molecule has 2 aromatic rings. The van der Waals surface area contributed by atoms with E-state index in [9.17, 15) is 14.4 Å². The van der Waals surface area contributed by atoms with Crippen molar-refractivity contribution in [1.82, 2.24) is 15.8 Å². The number of nitrogens with one attached hydrogen (secondary N) is 2. The highest BCUT2D eigenvalue weighted by Gasteiger charge is 2.32. The van der Waals surface area contributed by atoms with Gasteiger partial charge in [-0.3, -0.25) is 0 Å². The Morgan fingerprint density at radius 3 is 2.53 bits per heavy atom. The third-order valence-electron chi connectivity index (χ3n) is 4.61. The summed E-state index contributed by atoms with van der Waals surface area (Å²) in [5.74, 6) is -0.947. The molecule has 2 heterocycles. The van der Waals surface area contributed by atoms with Crippen molar-refractivity contribution < 1.29 is 28.4 Å². The molecule has 3 rings (SSSR count). The van der Waals surface area contributed by atoms with Gasteiger partial charge in [-0.2, -0.15) is 0 Å². The first-order valence-electron chi connectivity index (χ1n) is 9.62. The predicted octanol–water partition coefficient (Wildman–Crippen LogP) is 2.72. The minimum absolute atomic E-state index is 0.181. The zero-order chi connectivity index (χ0) is 21.7. The topological polar surface area (TPSA) is 120 Å². The van der Waals surface area contributed by atoms with Gasteiger partial charge >= 0.3 is 18.0 Å². The van der Waals surface area contributed by atoms with Crippen LogP contribution in [0.3, 0.4) is 0 Å². The summed E-state index contributed by atoms with van der Waals surface area (Å²) in [4.78, 5) is 37.2. The number of carbonyl (C=O) groups excluding carboxylic acids is 3. The highest BCUT2D eigenvalue weighted by Crippen LogP contribution is 2.26. The van der Waals surface area contributed by atoms with Crippen molar-refractivity contribution in [3.05, 3.63) is 52.9 Å². The maximum absolute atomic E-state index is 12.8. The van der Waals surface area contributed by atoms with E-state index in [1.165, 1.54) is 0 Å². The molecule has 1 aromatic carbocycles. The van der Waals surface area contributed by atoms with Crippen molar-refractivity contribution in [3.8, 4) is 11.3 Å². The number of rotatable bonds is 7. The number of ether oxygens (including phenoxy) is 2. The van der Waals surface area contributed by atoms with Crippen molar-refractivity contribution in [2.75, 3.05) is 13.2 Å². The van der Waals surface area contributed by atoms with Gasteiger partial charge < -0.3 is 24.6 Å². The largest absolute Gasteiger partial charge is 0.463 e. The number of amides is 2. The van der Waals surface area contributed by atoms with Crippen LogP contribution >= 0.6 is 0 Å². The molecule has 9 nitrogen and oxygen atoms in total. The number of urea groups is 1. The van der Waals surface area contributed by atoms with Gasteiger partial charge in [-0.05, 0) is 20.3 Å². The van der Waals surface area contributed by atoms with Gasteiger partial charge in [0.1, 0.15) is 23.6 Å². The molecule has 0 spiro atoms. The zero-order valence-corrected chi connectivity index (χ0v) is 17.0. The van der Waals surface area contributed by atoms with E-state index in [1.807, 2.05) is 25.1 Å². The van der Waals surface area contributed by atoms with Crippen LogP contribution in [0.25, 0.3) is 11.3 Å². The molecular weight excluding hydrogens is 390 g/mol. The standard InChI is InChI=1S/C21H23N3O6/c1-4-14-17(20(26)28-5-2)15(23-21(27)22-14)11-29-19(25)16-12(3)30-24-18(16)13-9-7-6-8-10-13/h6-10,14H,4-5,11H2,1-3H3,(H2,22,23,27). The van der Waals surface area contributed by atoms with Crippen molar-refractivity contribution in [2.45, 2.75) is 33.2 Å². The second-order valence-corrected chi connectivity index (χ2v) is 6.58. The van der Waals surface area contributed by atoms with Gasteiger partial charge in [0.05, 0.1) is 23.9 Å². The van der Waals surface area contributed by atoms with E-state index in [-0.39, 0.29) is 30.0 Å². The van der Waals surface area contributed by atoms with Crippen LogP contribution in [0, 0.1) is 6.92 Å². The lowest BCUT2D eigenvalue weighted by Crippen LogP contribution is -2.51. The monoisotopic (exact) mass is 413 g/mol. The Labute approximate surface area is 173 Å². The summed E-state index contributed by atoms with van der Waals surface area (Å²) in [5.41, 5.74) is 1.67. The normalized spacial score (nSPS) is 16.0. The molecule has 0 radical (unpaired) electrons. The summed E-state index contributed by atoms with van der Waals surface area (Å²) in [6, 6.07) is 8.07. The Hall–Kier alpha value is -3.62. The fourth-order valence-electron chi connectivity index (χ4n) is 3.19. The number of benzene rings is 1. The van der Waals surface area contributed by atoms with E-state index in [0.717, 1.165) is 0 Å². The van der Waals surface area contributed by atoms with Crippen LogP contribution in [-0.2, 0) is 14.3 Å². The van der Waals surface area contributed by atoms with E-state index < -0.39 is 24.0 Å². The zero-order valence-electron chi connectivity index (χ0n) is 17.0. The summed E-state index contributed by atoms with van der Waals surface area (Å²) >= 11 is 0. The number of aryl methyl sites for hydroxylation is 1. The molecule has 1 atom stereocenters. The lowest BCUT2D eigenvalue weighted by atomic mass is 10.0. The maximum atomic E-state index is 12.8. The summed E-state index contributed by atoms with van der Waals surface area (Å²) in [5, 5.41) is 9.18. The van der Waals surface area contributed by atoms with Crippen molar-refractivity contribution in [2.24, 2.45) is 0 Å². The fraction of sp³-hybridized carbons (Fsp3) is 0.333. The lowest BCUT2D eigenvalue weighted by molar-refractivity contribution is -0.139. The third-order valence-corrected chi connectivity index (χ3v) is 4.61. The van der Waals surface area contributed by atoms with Crippen LogP contribution in [0.5, 0.6) is 0 Å². The Morgan fingerprint density at radius 2 is 1.87 bits per heavy atom. The van der Waals surface area contributed by atoms with E-state index in [4.69, 9.17) is 14.0 Å². The number of aromatic nitrogens is 1. The molecule has 0 saturated carbocycles. The molecule has 9 heteroatoms.